The van der Waals surface area contributed by atoms with E-state index in [4.69, 9.17) is 0 Å². The van der Waals surface area contributed by atoms with Gasteiger partial charge < -0.3 is 4.90 Å². The van der Waals surface area contributed by atoms with Crippen LogP contribution in [0, 0.1) is 6.92 Å². The maximum Gasteiger partial charge on any atom is 0.261 e. The molecule has 1 aliphatic carbocycles. The zero-order chi connectivity index (χ0) is 20.5. The highest BCUT2D eigenvalue weighted by atomic mass is 16.1. The molecule has 1 aromatic carbocycles. The Balaban J connectivity index is 1.28. The Bertz CT molecular complexity index is 1080. The molecule has 1 saturated heterocycles. The van der Waals surface area contributed by atoms with Gasteiger partial charge in [-0.15, -0.1) is 0 Å². The first-order valence-electron chi connectivity index (χ1n) is 10.9. The molecule has 3 aromatic rings. The van der Waals surface area contributed by atoms with Gasteiger partial charge >= 0.3 is 0 Å². The van der Waals surface area contributed by atoms with E-state index in [1.807, 2.05) is 30.0 Å². The van der Waals surface area contributed by atoms with E-state index in [0.717, 1.165) is 73.5 Å². The highest BCUT2D eigenvalue weighted by Gasteiger charge is 2.21. The lowest BCUT2D eigenvalue weighted by atomic mass is 10.1. The minimum Gasteiger partial charge on any atom is -0.369 e. The number of fused-ring (bicyclic) bond motifs is 1. The van der Waals surface area contributed by atoms with Crippen LogP contribution in [0.1, 0.15) is 43.1 Å². The van der Waals surface area contributed by atoms with Crippen LogP contribution in [0.25, 0.3) is 10.9 Å². The normalized spacial score (nSPS) is 18.4. The SMILES string of the molecule is Cc1cnc(CN2CCN(c3ccc4c(=O)n(C5CCCC5)cnc4c3)CC2)cn1. The lowest BCUT2D eigenvalue weighted by molar-refractivity contribution is 0.247. The summed E-state index contributed by atoms with van der Waals surface area (Å²) in [6.07, 6.45) is 10.0. The van der Waals surface area contributed by atoms with Crippen LogP contribution in [-0.4, -0.2) is 50.6 Å². The van der Waals surface area contributed by atoms with Crippen LogP contribution in [-0.2, 0) is 6.54 Å². The summed E-state index contributed by atoms with van der Waals surface area (Å²) >= 11 is 0. The minimum absolute atomic E-state index is 0.0995. The Labute approximate surface area is 176 Å². The first kappa shape index (κ1) is 19.2. The predicted molar refractivity (Wildman–Crippen MR) is 118 cm³/mol. The Morgan fingerprint density at radius 2 is 1.80 bits per heavy atom. The molecule has 7 heteroatoms. The van der Waals surface area contributed by atoms with Gasteiger partial charge in [0.05, 0.1) is 28.6 Å². The molecule has 5 rings (SSSR count). The molecule has 0 bridgehead atoms. The highest BCUT2D eigenvalue weighted by Crippen LogP contribution is 2.28. The molecule has 2 fully saturated rings. The van der Waals surface area contributed by atoms with Crippen LogP contribution in [0.15, 0.2) is 41.7 Å². The number of piperazine rings is 1. The third-order valence-corrected chi connectivity index (χ3v) is 6.44. The maximum atomic E-state index is 12.9. The van der Waals surface area contributed by atoms with Crippen LogP contribution < -0.4 is 10.5 Å². The third-order valence-electron chi connectivity index (χ3n) is 6.44. The summed E-state index contributed by atoms with van der Waals surface area (Å²) in [5.41, 5.74) is 4.00. The Kier molecular flexibility index (Phi) is 5.21. The Morgan fingerprint density at radius 1 is 1.00 bits per heavy atom. The van der Waals surface area contributed by atoms with Gasteiger partial charge in [0.1, 0.15) is 0 Å². The summed E-state index contributed by atoms with van der Waals surface area (Å²) in [6.45, 7) is 6.64. The lowest BCUT2D eigenvalue weighted by Gasteiger charge is -2.36. The van der Waals surface area contributed by atoms with Crippen LogP contribution in [0.4, 0.5) is 5.69 Å². The standard InChI is InChI=1S/C23H28N6O/c1-17-13-25-18(14-24-17)15-27-8-10-28(11-9-27)20-6-7-21-22(12-20)26-16-29(23(21)30)19-4-2-3-5-19/h6-7,12-14,16,19H,2-5,8-11,15H2,1H3. The van der Waals surface area contributed by atoms with Gasteiger partial charge in [0.25, 0.3) is 5.56 Å². The molecule has 2 aliphatic rings. The number of rotatable bonds is 4. The van der Waals surface area contributed by atoms with Gasteiger partial charge in [-0.05, 0) is 38.0 Å². The first-order chi connectivity index (χ1) is 14.7. The topological polar surface area (TPSA) is 67.2 Å². The van der Waals surface area contributed by atoms with Crippen molar-refractivity contribution in [1.82, 2.24) is 24.4 Å². The van der Waals surface area contributed by atoms with Crippen LogP contribution >= 0.6 is 0 Å². The van der Waals surface area contributed by atoms with Crippen LogP contribution in [0.2, 0.25) is 0 Å². The lowest BCUT2D eigenvalue weighted by Crippen LogP contribution is -2.46. The highest BCUT2D eigenvalue weighted by molar-refractivity contribution is 5.81. The van der Waals surface area contributed by atoms with Crippen molar-refractivity contribution in [2.24, 2.45) is 0 Å². The average Bonchev–Trinajstić information content (AvgIpc) is 3.31. The number of hydrogen-bond acceptors (Lipinski definition) is 6. The largest absolute Gasteiger partial charge is 0.369 e. The first-order valence-corrected chi connectivity index (χ1v) is 10.9. The van der Waals surface area contributed by atoms with Crippen molar-refractivity contribution in [3.05, 3.63) is 58.7 Å². The zero-order valence-corrected chi connectivity index (χ0v) is 17.5. The van der Waals surface area contributed by atoms with E-state index in [1.165, 1.54) is 12.8 Å². The van der Waals surface area contributed by atoms with E-state index in [2.05, 4.69) is 36.9 Å². The van der Waals surface area contributed by atoms with Gasteiger partial charge in [0.15, 0.2) is 0 Å². The fraction of sp³-hybridized carbons (Fsp3) is 0.478. The monoisotopic (exact) mass is 404 g/mol. The van der Waals surface area contributed by atoms with Crippen molar-refractivity contribution < 1.29 is 0 Å². The Hall–Kier alpha value is -2.80. The van der Waals surface area contributed by atoms with Gasteiger partial charge in [-0.25, -0.2) is 4.98 Å². The number of nitrogens with zero attached hydrogens (tertiary/aromatic N) is 6. The van der Waals surface area contributed by atoms with Crippen molar-refractivity contribution >= 4 is 16.6 Å². The molecule has 30 heavy (non-hydrogen) atoms. The third kappa shape index (κ3) is 3.81. The second kappa shape index (κ2) is 8.14. The average molecular weight is 405 g/mol. The summed E-state index contributed by atoms with van der Waals surface area (Å²) < 4.78 is 1.85. The molecule has 7 nitrogen and oxygen atoms in total. The summed E-state index contributed by atoms with van der Waals surface area (Å²) in [5.74, 6) is 0. The number of aromatic nitrogens is 4. The predicted octanol–water partition coefficient (Wildman–Crippen LogP) is 2.93. The van der Waals surface area contributed by atoms with E-state index in [1.54, 1.807) is 6.33 Å². The molecular weight excluding hydrogens is 376 g/mol. The molecule has 156 valence electrons. The minimum atomic E-state index is 0.0995. The maximum absolute atomic E-state index is 12.9. The fourth-order valence-electron chi connectivity index (χ4n) is 4.66. The second-order valence-electron chi connectivity index (χ2n) is 8.51. The molecule has 0 amide bonds. The molecular formula is C23H28N6O. The van der Waals surface area contributed by atoms with Crippen molar-refractivity contribution in [3.63, 3.8) is 0 Å². The molecule has 0 unspecified atom stereocenters. The molecule has 0 atom stereocenters. The Morgan fingerprint density at radius 3 is 2.53 bits per heavy atom. The van der Waals surface area contributed by atoms with Gasteiger partial charge in [0.2, 0.25) is 0 Å². The zero-order valence-electron chi connectivity index (χ0n) is 17.5. The number of hydrogen-bond donors (Lipinski definition) is 0. The van der Waals surface area contributed by atoms with E-state index in [-0.39, 0.29) is 5.56 Å². The van der Waals surface area contributed by atoms with Gasteiger partial charge in [0, 0.05) is 56.8 Å². The van der Waals surface area contributed by atoms with Gasteiger partial charge in [-0.2, -0.15) is 0 Å². The number of benzene rings is 1. The van der Waals surface area contributed by atoms with Crippen molar-refractivity contribution in [3.8, 4) is 0 Å². The van der Waals surface area contributed by atoms with Crippen molar-refractivity contribution in [2.45, 2.75) is 45.2 Å². The van der Waals surface area contributed by atoms with E-state index in [9.17, 15) is 4.79 Å². The molecule has 0 spiro atoms. The smallest absolute Gasteiger partial charge is 0.261 e. The number of anilines is 1. The van der Waals surface area contributed by atoms with E-state index < -0.39 is 0 Å². The number of aryl methyl sites for hydroxylation is 1. The van der Waals surface area contributed by atoms with Crippen LogP contribution in [0.3, 0.4) is 0 Å². The van der Waals surface area contributed by atoms with Gasteiger partial charge in [-0.3, -0.25) is 24.2 Å². The van der Waals surface area contributed by atoms with Crippen molar-refractivity contribution in [1.29, 1.82) is 0 Å². The second-order valence-corrected chi connectivity index (χ2v) is 8.51. The molecule has 2 aromatic heterocycles. The molecule has 0 N–H and O–H groups in total. The molecule has 3 heterocycles. The van der Waals surface area contributed by atoms with Gasteiger partial charge in [-0.1, -0.05) is 12.8 Å². The summed E-state index contributed by atoms with van der Waals surface area (Å²) in [5, 5.41) is 0.727. The summed E-state index contributed by atoms with van der Waals surface area (Å²) in [4.78, 5) is 31.2. The van der Waals surface area contributed by atoms with E-state index >= 15 is 0 Å². The fourth-order valence-corrected chi connectivity index (χ4v) is 4.66. The molecule has 0 radical (unpaired) electrons. The molecule has 1 aliphatic heterocycles. The quantitative estimate of drug-likeness (QED) is 0.666. The summed E-state index contributed by atoms with van der Waals surface area (Å²) in [7, 11) is 0. The molecule has 1 saturated carbocycles. The van der Waals surface area contributed by atoms with Crippen molar-refractivity contribution in [2.75, 3.05) is 31.1 Å². The summed E-state index contributed by atoms with van der Waals surface area (Å²) in [6, 6.07) is 6.42. The van der Waals surface area contributed by atoms with E-state index in [0.29, 0.717) is 6.04 Å². The van der Waals surface area contributed by atoms with Crippen LogP contribution in [0.5, 0.6) is 0 Å².